The molecular weight excluding hydrogens is 238 g/mol. The molecule has 1 heterocycles. The van der Waals surface area contributed by atoms with Crippen molar-refractivity contribution in [3.8, 4) is 12.3 Å². The Labute approximate surface area is 103 Å². The number of carbonyl (C=O) groups excluding carboxylic acids is 1. The minimum Gasteiger partial charge on any atom is -0.440 e. The molecule has 4 heteroatoms. The number of benzene rings is 1. The number of terminal acetylenes is 1. The highest BCUT2D eigenvalue weighted by Gasteiger charge is 2.10. The predicted octanol–water partition coefficient (Wildman–Crippen LogP) is 3.17. The molecule has 1 amide bonds. The zero-order chi connectivity index (χ0) is 12.3. The molecule has 1 aromatic heterocycles. The molecule has 3 nitrogen and oxygen atoms in total. The zero-order valence-electron chi connectivity index (χ0n) is 8.74. The van der Waals surface area contributed by atoms with Crippen LogP contribution < -0.4 is 5.32 Å². The largest absolute Gasteiger partial charge is 0.440 e. The van der Waals surface area contributed by atoms with E-state index in [0.717, 1.165) is 0 Å². The quantitative estimate of drug-likeness (QED) is 0.826. The first-order valence-corrected chi connectivity index (χ1v) is 5.20. The maximum absolute atomic E-state index is 11.7. The highest BCUT2D eigenvalue weighted by atomic mass is 35.5. The van der Waals surface area contributed by atoms with Crippen LogP contribution in [0.15, 0.2) is 40.8 Å². The number of furan rings is 1. The lowest BCUT2D eigenvalue weighted by atomic mass is 10.2. The third-order valence-electron chi connectivity index (χ3n) is 2.08. The molecule has 0 bridgehead atoms. The number of anilines is 1. The molecule has 0 aliphatic heterocycles. The third-order valence-corrected chi connectivity index (χ3v) is 2.29. The summed E-state index contributed by atoms with van der Waals surface area (Å²) in [5.74, 6) is 2.27. The molecule has 17 heavy (non-hydrogen) atoms. The van der Waals surface area contributed by atoms with Crippen LogP contribution in [-0.4, -0.2) is 5.91 Å². The van der Waals surface area contributed by atoms with Crippen LogP contribution in [0.25, 0.3) is 0 Å². The van der Waals surface area contributed by atoms with Crippen molar-refractivity contribution >= 4 is 23.2 Å². The molecule has 0 saturated carbocycles. The summed E-state index contributed by atoms with van der Waals surface area (Å²) >= 11 is 5.58. The molecule has 2 rings (SSSR count). The SMILES string of the molecule is C#Cc1cccc(NC(=O)c2ccc(Cl)o2)c1. The molecule has 0 aliphatic rings. The molecular formula is C13H8ClNO2. The van der Waals surface area contributed by atoms with E-state index >= 15 is 0 Å². The van der Waals surface area contributed by atoms with Gasteiger partial charge >= 0.3 is 0 Å². The Morgan fingerprint density at radius 3 is 2.82 bits per heavy atom. The normalized spacial score (nSPS) is 9.65. The fourth-order valence-electron chi connectivity index (χ4n) is 1.32. The van der Waals surface area contributed by atoms with Crippen molar-refractivity contribution in [2.24, 2.45) is 0 Å². The summed E-state index contributed by atoms with van der Waals surface area (Å²) in [5, 5.41) is 2.83. The van der Waals surface area contributed by atoms with Gasteiger partial charge in [-0.25, -0.2) is 0 Å². The third kappa shape index (κ3) is 2.68. The number of hydrogen-bond acceptors (Lipinski definition) is 2. The second-order valence-corrected chi connectivity index (χ2v) is 3.66. The molecule has 0 spiro atoms. The number of amides is 1. The Hall–Kier alpha value is -2.18. The first-order chi connectivity index (χ1) is 8.19. The Kier molecular flexibility index (Phi) is 3.17. The summed E-state index contributed by atoms with van der Waals surface area (Å²) in [4.78, 5) is 11.7. The second kappa shape index (κ2) is 4.77. The van der Waals surface area contributed by atoms with Crippen LogP contribution in [0.2, 0.25) is 5.22 Å². The van der Waals surface area contributed by atoms with Gasteiger partial charge in [-0.3, -0.25) is 4.79 Å². The maximum atomic E-state index is 11.7. The van der Waals surface area contributed by atoms with Crippen molar-refractivity contribution in [1.82, 2.24) is 0 Å². The monoisotopic (exact) mass is 245 g/mol. The number of nitrogens with one attached hydrogen (secondary N) is 1. The van der Waals surface area contributed by atoms with E-state index in [2.05, 4.69) is 11.2 Å². The molecule has 0 saturated heterocycles. The van der Waals surface area contributed by atoms with Crippen LogP contribution in [-0.2, 0) is 0 Å². The molecule has 1 aromatic carbocycles. The summed E-state index contributed by atoms with van der Waals surface area (Å²) in [7, 11) is 0. The summed E-state index contributed by atoms with van der Waals surface area (Å²) < 4.78 is 4.99. The van der Waals surface area contributed by atoms with Gasteiger partial charge in [-0.2, -0.15) is 0 Å². The van der Waals surface area contributed by atoms with Gasteiger partial charge in [0.2, 0.25) is 0 Å². The number of rotatable bonds is 2. The minimum absolute atomic E-state index is 0.154. The van der Waals surface area contributed by atoms with E-state index in [-0.39, 0.29) is 16.9 Å². The van der Waals surface area contributed by atoms with Gasteiger partial charge in [-0.05, 0) is 41.9 Å². The Morgan fingerprint density at radius 2 is 2.18 bits per heavy atom. The number of halogens is 1. The number of hydrogen-bond donors (Lipinski definition) is 1. The highest BCUT2D eigenvalue weighted by Crippen LogP contribution is 2.16. The van der Waals surface area contributed by atoms with Gasteiger partial charge in [0.15, 0.2) is 11.0 Å². The first kappa shape index (κ1) is 11.3. The van der Waals surface area contributed by atoms with E-state index in [1.54, 1.807) is 24.3 Å². The fourth-order valence-corrected chi connectivity index (χ4v) is 1.46. The number of carbonyl (C=O) groups is 1. The molecule has 0 unspecified atom stereocenters. The summed E-state index contributed by atoms with van der Waals surface area (Å²) in [6.45, 7) is 0. The van der Waals surface area contributed by atoms with Crippen LogP contribution >= 0.6 is 11.6 Å². The predicted molar refractivity (Wildman–Crippen MR) is 66.0 cm³/mol. The summed E-state index contributed by atoms with van der Waals surface area (Å²) in [5.41, 5.74) is 1.30. The second-order valence-electron chi connectivity index (χ2n) is 3.28. The van der Waals surface area contributed by atoms with Gasteiger partial charge in [0.05, 0.1) is 0 Å². The van der Waals surface area contributed by atoms with E-state index < -0.39 is 0 Å². The topological polar surface area (TPSA) is 42.2 Å². The van der Waals surface area contributed by atoms with Crippen molar-refractivity contribution < 1.29 is 9.21 Å². The van der Waals surface area contributed by atoms with E-state index in [4.69, 9.17) is 22.4 Å². The van der Waals surface area contributed by atoms with Crippen molar-refractivity contribution in [1.29, 1.82) is 0 Å². The average Bonchev–Trinajstić information content (AvgIpc) is 2.76. The molecule has 1 N–H and O–H groups in total. The van der Waals surface area contributed by atoms with E-state index in [9.17, 15) is 4.79 Å². The van der Waals surface area contributed by atoms with Crippen LogP contribution in [0.4, 0.5) is 5.69 Å². The van der Waals surface area contributed by atoms with Crippen LogP contribution in [0.1, 0.15) is 16.1 Å². The van der Waals surface area contributed by atoms with Crippen LogP contribution in [0.3, 0.4) is 0 Å². The standard InChI is InChI=1S/C13H8ClNO2/c1-2-9-4-3-5-10(8-9)15-13(16)11-6-7-12(14)17-11/h1,3-8H,(H,15,16). The van der Waals surface area contributed by atoms with Gasteiger partial charge < -0.3 is 9.73 Å². The van der Waals surface area contributed by atoms with E-state index in [1.807, 2.05) is 0 Å². The summed E-state index contributed by atoms with van der Waals surface area (Å²) in [6, 6.07) is 9.99. The van der Waals surface area contributed by atoms with Gasteiger partial charge in [0, 0.05) is 11.3 Å². The molecule has 84 valence electrons. The van der Waals surface area contributed by atoms with Crippen molar-refractivity contribution in [3.63, 3.8) is 0 Å². The molecule has 0 radical (unpaired) electrons. The van der Waals surface area contributed by atoms with Gasteiger partial charge in [0.25, 0.3) is 5.91 Å². The Bertz CT molecular complexity index is 595. The van der Waals surface area contributed by atoms with Gasteiger partial charge in [0.1, 0.15) is 0 Å². The lowest BCUT2D eigenvalue weighted by Crippen LogP contribution is -2.10. The molecule has 0 fully saturated rings. The summed E-state index contributed by atoms with van der Waals surface area (Å²) in [6.07, 6.45) is 5.27. The van der Waals surface area contributed by atoms with Crippen LogP contribution in [0, 0.1) is 12.3 Å². The minimum atomic E-state index is -0.369. The Morgan fingerprint density at radius 1 is 1.35 bits per heavy atom. The van der Waals surface area contributed by atoms with Crippen LogP contribution in [0.5, 0.6) is 0 Å². The van der Waals surface area contributed by atoms with Crippen molar-refractivity contribution in [3.05, 3.63) is 52.9 Å². The first-order valence-electron chi connectivity index (χ1n) is 4.82. The van der Waals surface area contributed by atoms with Crippen molar-refractivity contribution in [2.75, 3.05) is 5.32 Å². The Balaban J connectivity index is 2.16. The highest BCUT2D eigenvalue weighted by molar-refractivity contribution is 6.29. The molecule has 0 atom stereocenters. The van der Waals surface area contributed by atoms with E-state index in [0.29, 0.717) is 11.3 Å². The maximum Gasteiger partial charge on any atom is 0.291 e. The lowest BCUT2D eigenvalue weighted by Gasteiger charge is -2.03. The molecule has 0 aliphatic carbocycles. The van der Waals surface area contributed by atoms with E-state index in [1.165, 1.54) is 12.1 Å². The average molecular weight is 246 g/mol. The smallest absolute Gasteiger partial charge is 0.291 e. The lowest BCUT2D eigenvalue weighted by molar-refractivity contribution is 0.0997. The zero-order valence-corrected chi connectivity index (χ0v) is 9.49. The fraction of sp³-hybridized carbons (Fsp3) is 0. The van der Waals surface area contributed by atoms with Gasteiger partial charge in [-0.1, -0.05) is 12.0 Å². The molecule has 2 aromatic rings. The van der Waals surface area contributed by atoms with Gasteiger partial charge in [-0.15, -0.1) is 6.42 Å². The van der Waals surface area contributed by atoms with Crippen molar-refractivity contribution in [2.45, 2.75) is 0 Å².